The van der Waals surface area contributed by atoms with Crippen molar-refractivity contribution in [3.63, 3.8) is 0 Å². The molecule has 0 aromatic heterocycles. The third-order valence-corrected chi connectivity index (χ3v) is 3.47. The first-order chi connectivity index (χ1) is 9.01. The average molecular weight is 347 g/mol. The van der Waals surface area contributed by atoms with Gasteiger partial charge in [0.2, 0.25) is 0 Å². The van der Waals surface area contributed by atoms with Crippen LogP contribution in [0, 0.1) is 0 Å². The average Bonchev–Trinajstić information content (AvgIpc) is 2.40. The lowest BCUT2D eigenvalue weighted by Gasteiger charge is -2.05. The summed E-state index contributed by atoms with van der Waals surface area (Å²) in [4.78, 5) is 1.75. The molecule has 0 radical (unpaired) electrons. The minimum atomic E-state index is -3.59. The van der Waals surface area contributed by atoms with E-state index in [9.17, 15) is 8.42 Å². The van der Waals surface area contributed by atoms with Crippen molar-refractivity contribution in [2.75, 3.05) is 6.61 Å². The van der Waals surface area contributed by atoms with Crippen LogP contribution in [0.1, 0.15) is 25.3 Å². The molecule has 0 heterocycles. The molecule has 0 N–H and O–H groups in total. The lowest BCUT2D eigenvalue weighted by atomic mass is 10.2. The number of halogens is 1. The van der Waals surface area contributed by atoms with Crippen molar-refractivity contribution >= 4 is 32.1 Å². The van der Waals surface area contributed by atoms with E-state index in [2.05, 4.69) is 29.1 Å². The van der Waals surface area contributed by atoms with Gasteiger partial charge >= 0.3 is 0 Å². The highest BCUT2D eigenvalue weighted by molar-refractivity contribution is 9.11. The Hall–Kier alpha value is -0.910. The Morgan fingerprint density at radius 3 is 2.21 bits per heavy atom. The Morgan fingerprint density at radius 1 is 1.26 bits per heavy atom. The monoisotopic (exact) mass is 346 g/mol. The highest BCUT2D eigenvalue weighted by Gasteiger charge is 2.13. The van der Waals surface area contributed by atoms with Crippen molar-refractivity contribution in [1.29, 1.82) is 0 Å². The fourth-order valence-corrected chi connectivity index (χ4v) is 2.09. The quantitative estimate of drug-likeness (QED) is 0.567. The van der Waals surface area contributed by atoms with Crippen LogP contribution in [0.3, 0.4) is 0 Å². The highest BCUT2D eigenvalue weighted by atomic mass is 79.9. The highest BCUT2D eigenvalue weighted by Crippen LogP contribution is 2.14. The van der Waals surface area contributed by atoms with E-state index in [-0.39, 0.29) is 11.5 Å². The van der Waals surface area contributed by atoms with Gasteiger partial charge in [0.15, 0.2) is 0 Å². The van der Waals surface area contributed by atoms with Crippen molar-refractivity contribution in [2.45, 2.75) is 24.7 Å². The topological polar surface area (TPSA) is 43.4 Å². The van der Waals surface area contributed by atoms with E-state index in [1.54, 1.807) is 23.2 Å². The second-order valence-electron chi connectivity index (χ2n) is 3.56. The molecule has 0 aliphatic heterocycles. The predicted molar refractivity (Wildman–Crippen MR) is 83.7 cm³/mol. The summed E-state index contributed by atoms with van der Waals surface area (Å²) in [6, 6.07) is 6.45. The van der Waals surface area contributed by atoms with Gasteiger partial charge in [-0.15, -0.1) is 0 Å². The van der Waals surface area contributed by atoms with E-state index >= 15 is 0 Å². The Kier molecular flexibility index (Phi) is 9.47. The zero-order valence-electron chi connectivity index (χ0n) is 11.0. The summed E-state index contributed by atoms with van der Waals surface area (Å²) < 4.78 is 28.2. The van der Waals surface area contributed by atoms with Crippen LogP contribution in [0.5, 0.6) is 0 Å². The zero-order valence-corrected chi connectivity index (χ0v) is 13.4. The van der Waals surface area contributed by atoms with E-state index in [0.717, 1.165) is 18.4 Å². The summed E-state index contributed by atoms with van der Waals surface area (Å²) in [5.41, 5.74) is 0.882. The Morgan fingerprint density at radius 2 is 1.79 bits per heavy atom. The van der Waals surface area contributed by atoms with Gasteiger partial charge in [-0.05, 0) is 29.1 Å². The van der Waals surface area contributed by atoms with Crippen molar-refractivity contribution in [3.8, 4) is 0 Å². The van der Waals surface area contributed by atoms with Gasteiger partial charge in [-0.2, -0.15) is 8.42 Å². The molecule has 0 aliphatic rings. The fourth-order valence-electron chi connectivity index (χ4n) is 1.15. The van der Waals surface area contributed by atoms with E-state index < -0.39 is 10.1 Å². The van der Waals surface area contributed by atoms with Gasteiger partial charge in [0, 0.05) is 0 Å². The molecular formula is C14H19BrO3S. The Labute approximate surface area is 124 Å². The Balaban J connectivity index is 0.000000982. The van der Waals surface area contributed by atoms with Crippen molar-refractivity contribution in [3.05, 3.63) is 48.0 Å². The van der Waals surface area contributed by atoms with E-state index in [1.807, 2.05) is 6.92 Å². The van der Waals surface area contributed by atoms with Gasteiger partial charge in [-0.3, -0.25) is 4.18 Å². The van der Waals surface area contributed by atoms with E-state index in [0.29, 0.717) is 0 Å². The largest absolute Gasteiger partial charge is 0.296 e. The summed E-state index contributed by atoms with van der Waals surface area (Å²) in [7, 11) is -3.59. The van der Waals surface area contributed by atoms with Gasteiger partial charge in [0.25, 0.3) is 10.1 Å². The number of unbranched alkanes of at least 4 members (excludes halogenated alkanes) is 1. The molecule has 106 valence electrons. The molecule has 0 aliphatic carbocycles. The van der Waals surface area contributed by atoms with Crippen LogP contribution < -0.4 is 0 Å². The first-order valence-corrected chi connectivity index (χ1v) is 8.17. The zero-order chi connectivity index (χ0) is 14.7. The first-order valence-electron chi connectivity index (χ1n) is 5.84. The van der Waals surface area contributed by atoms with Crippen LogP contribution in [0.25, 0.3) is 6.08 Å². The summed E-state index contributed by atoms with van der Waals surface area (Å²) in [5, 5.41) is 0. The van der Waals surface area contributed by atoms with Crippen LogP contribution in [0.4, 0.5) is 0 Å². The van der Waals surface area contributed by atoms with Crippen molar-refractivity contribution in [1.82, 2.24) is 0 Å². The molecule has 5 heteroatoms. The molecule has 19 heavy (non-hydrogen) atoms. The van der Waals surface area contributed by atoms with E-state index in [4.69, 9.17) is 4.18 Å². The third-order valence-electron chi connectivity index (χ3n) is 2.14. The van der Waals surface area contributed by atoms with Gasteiger partial charge < -0.3 is 0 Å². The molecular weight excluding hydrogens is 328 g/mol. The molecule has 3 nitrogen and oxygen atoms in total. The smallest absolute Gasteiger partial charge is 0.266 e. The van der Waals surface area contributed by atoms with Crippen LogP contribution in [-0.2, 0) is 14.3 Å². The molecule has 0 saturated heterocycles. The van der Waals surface area contributed by atoms with Crippen molar-refractivity contribution < 1.29 is 12.6 Å². The van der Waals surface area contributed by atoms with Gasteiger partial charge in [0.05, 0.1) is 11.5 Å². The number of benzene rings is 1. The van der Waals surface area contributed by atoms with Crippen LogP contribution in [0.2, 0.25) is 0 Å². The molecule has 1 rings (SSSR count). The maximum atomic E-state index is 11.7. The molecule has 0 amide bonds. The summed E-state index contributed by atoms with van der Waals surface area (Å²) in [5.74, 6) is 0. The first kappa shape index (κ1) is 18.1. The Bertz CT molecular complexity index is 478. The SMILES string of the molecule is C=CBr.C=Cc1ccc(S(=O)(=O)OCCCC)cc1. The fraction of sp³-hybridized carbons (Fsp3) is 0.286. The van der Waals surface area contributed by atoms with Crippen molar-refractivity contribution in [2.24, 2.45) is 0 Å². The van der Waals surface area contributed by atoms with Gasteiger partial charge in [-0.1, -0.05) is 60.6 Å². The molecule has 0 fully saturated rings. The number of rotatable bonds is 6. The van der Waals surface area contributed by atoms with Crippen LogP contribution >= 0.6 is 15.9 Å². The standard InChI is InChI=1S/C12H16O3S.C2H3Br/c1-3-5-10-15-16(13,14)12-8-6-11(4-2)7-9-12;1-2-3/h4,6-9H,2-3,5,10H2,1H3;2H,1H2. The van der Waals surface area contributed by atoms with E-state index in [1.165, 1.54) is 12.1 Å². The minimum Gasteiger partial charge on any atom is -0.266 e. The molecule has 0 atom stereocenters. The molecule has 0 bridgehead atoms. The second-order valence-corrected chi connectivity index (χ2v) is 5.82. The third kappa shape index (κ3) is 7.30. The van der Waals surface area contributed by atoms with Crippen LogP contribution in [-0.4, -0.2) is 15.0 Å². The maximum absolute atomic E-state index is 11.7. The number of hydrogen-bond acceptors (Lipinski definition) is 3. The molecule has 0 unspecified atom stereocenters. The van der Waals surface area contributed by atoms with Crippen LogP contribution in [0.15, 0.2) is 47.3 Å². The predicted octanol–water partition coefficient (Wildman–Crippen LogP) is 4.36. The summed E-state index contributed by atoms with van der Waals surface area (Å²) >= 11 is 2.91. The molecule has 1 aromatic rings. The lowest BCUT2D eigenvalue weighted by Crippen LogP contribution is -2.07. The minimum absolute atomic E-state index is 0.189. The second kappa shape index (κ2) is 9.95. The number of hydrogen-bond donors (Lipinski definition) is 0. The lowest BCUT2D eigenvalue weighted by molar-refractivity contribution is 0.311. The van der Waals surface area contributed by atoms with Gasteiger partial charge in [0.1, 0.15) is 0 Å². The summed E-state index contributed by atoms with van der Waals surface area (Å²) in [6.07, 6.45) is 3.31. The summed E-state index contributed by atoms with van der Waals surface area (Å²) in [6.45, 7) is 9.10. The van der Waals surface area contributed by atoms with Gasteiger partial charge in [-0.25, -0.2) is 0 Å². The normalized spacial score (nSPS) is 10.2. The molecule has 1 aromatic carbocycles. The molecule has 0 saturated carbocycles. The molecule has 0 spiro atoms. The maximum Gasteiger partial charge on any atom is 0.296 e.